The summed E-state index contributed by atoms with van der Waals surface area (Å²) in [6, 6.07) is 15.2. The number of hydrogen-bond acceptors (Lipinski definition) is 7. The number of thioether (sulfide) groups is 1. The molecule has 2 aromatic carbocycles. The van der Waals surface area contributed by atoms with Crippen LogP contribution in [0.15, 0.2) is 60.8 Å². The monoisotopic (exact) mass is 561 g/mol. The van der Waals surface area contributed by atoms with Crippen LogP contribution in [-0.4, -0.2) is 45.8 Å². The number of benzene rings is 2. The Morgan fingerprint density at radius 3 is 2.77 bits per heavy atom. The number of halogens is 2. The Labute approximate surface area is 233 Å². The van der Waals surface area contributed by atoms with Crippen molar-refractivity contribution in [1.29, 1.82) is 0 Å². The van der Waals surface area contributed by atoms with Crippen molar-refractivity contribution in [1.82, 2.24) is 9.97 Å². The van der Waals surface area contributed by atoms with Gasteiger partial charge in [0.25, 0.3) is 0 Å². The molecule has 2 aromatic heterocycles. The molecule has 0 saturated carbocycles. The molecule has 204 valence electrons. The number of rotatable bonds is 8. The van der Waals surface area contributed by atoms with Gasteiger partial charge in [0, 0.05) is 36.8 Å². The fourth-order valence-corrected chi connectivity index (χ4v) is 5.83. The molecule has 0 saturated heterocycles. The van der Waals surface area contributed by atoms with Crippen molar-refractivity contribution in [3.05, 3.63) is 100 Å². The minimum Gasteiger partial charge on any atom is -0.487 e. The van der Waals surface area contributed by atoms with Crippen molar-refractivity contribution < 1.29 is 27.8 Å². The minimum absolute atomic E-state index is 0.0810. The second-order valence-electron chi connectivity index (χ2n) is 9.14. The largest absolute Gasteiger partial charge is 0.487 e. The van der Waals surface area contributed by atoms with Crippen LogP contribution in [0.4, 0.5) is 14.6 Å². The number of nitrogens with zero attached hydrogens (tertiary/aromatic N) is 5. The number of hydrogen-bond donors (Lipinski definition) is 0. The number of fused-ring (bicyclic) bond motifs is 3. The molecule has 1 aliphatic heterocycles. The maximum Gasteiger partial charge on any atom is 0.417 e. The number of carbonyl (C=O) groups excluding carboxylic acids is 1. The molecule has 8 nitrogen and oxygen atoms in total. The highest BCUT2D eigenvalue weighted by molar-refractivity contribution is 8.00. The molecule has 0 spiro atoms. The fraction of sp³-hybridized carbons (Fsp3) is 0.241. The predicted octanol–water partition coefficient (Wildman–Crippen LogP) is 5.49. The molecule has 1 atom stereocenters. The Bertz CT molecular complexity index is 1640. The first-order valence-corrected chi connectivity index (χ1v) is 13.6. The van der Waals surface area contributed by atoms with Gasteiger partial charge in [0.1, 0.15) is 23.9 Å². The Balaban J connectivity index is 1.44. The molecule has 0 bridgehead atoms. The van der Waals surface area contributed by atoms with E-state index in [-0.39, 0.29) is 29.9 Å². The van der Waals surface area contributed by atoms with E-state index < -0.39 is 17.6 Å². The van der Waals surface area contributed by atoms with Crippen LogP contribution >= 0.6 is 11.8 Å². The Morgan fingerprint density at radius 1 is 1.15 bits per heavy atom. The quantitative estimate of drug-likeness (QED) is 0.121. The van der Waals surface area contributed by atoms with Crippen molar-refractivity contribution in [2.45, 2.75) is 25.3 Å². The molecule has 0 unspecified atom stereocenters. The lowest BCUT2D eigenvalue weighted by molar-refractivity contribution is -0.139. The predicted molar refractivity (Wildman–Crippen MR) is 148 cm³/mol. The first kappa shape index (κ1) is 27.2. The maximum absolute atomic E-state index is 13.7. The van der Waals surface area contributed by atoms with Gasteiger partial charge in [-0.1, -0.05) is 18.2 Å². The molecule has 0 N–H and O–H groups in total. The van der Waals surface area contributed by atoms with Gasteiger partial charge in [-0.3, -0.25) is 0 Å². The van der Waals surface area contributed by atoms with Crippen LogP contribution < -0.4 is 9.64 Å². The van der Waals surface area contributed by atoms with E-state index in [1.54, 1.807) is 25.3 Å². The molecule has 0 amide bonds. The van der Waals surface area contributed by atoms with Crippen molar-refractivity contribution in [3.63, 3.8) is 0 Å². The van der Waals surface area contributed by atoms with Gasteiger partial charge in [-0.2, -0.15) is 4.79 Å². The van der Waals surface area contributed by atoms with Gasteiger partial charge in [0.05, 0.1) is 23.1 Å². The summed E-state index contributed by atoms with van der Waals surface area (Å²) in [4.78, 5) is 26.5. The summed E-state index contributed by atoms with van der Waals surface area (Å²) in [6.45, 7) is 2.58. The topological polar surface area (TPSA) is 101 Å². The summed E-state index contributed by atoms with van der Waals surface area (Å²) in [6.07, 6.45) is 1.73. The Kier molecular flexibility index (Phi) is 8.04. The van der Waals surface area contributed by atoms with Gasteiger partial charge in [-0.05, 0) is 48.4 Å². The Morgan fingerprint density at radius 2 is 1.98 bits per heavy atom. The van der Waals surface area contributed by atoms with Crippen LogP contribution in [-0.2, 0) is 22.7 Å². The summed E-state index contributed by atoms with van der Waals surface area (Å²) in [5, 5.41) is 0.243. The van der Waals surface area contributed by atoms with E-state index in [1.165, 1.54) is 11.8 Å². The zero-order valence-corrected chi connectivity index (χ0v) is 22.6. The fourth-order valence-electron chi connectivity index (χ4n) is 4.56. The third-order valence-electron chi connectivity index (χ3n) is 6.46. The lowest BCUT2D eigenvalue weighted by Crippen LogP contribution is -2.21. The van der Waals surface area contributed by atoms with E-state index in [1.807, 2.05) is 37.4 Å². The second kappa shape index (κ2) is 11.8. The number of esters is 1. The average Bonchev–Trinajstić information content (AvgIpc) is 3.07. The van der Waals surface area contributed by atoms with E-state index in [0.717, 1.165) is 34.6 Å². The highest BCUT2D eigenvalue weighted by Gasteiger charge is 2.31. The number of carbonyl (C=O) groups is 1. The standard InChI is InChI=1S/C29H25F2N5O3S/c1-3-38-29(37)26(35-32)16-40-27-21-5-4-10-33-28(21)36(2)14-18-7-9-20(12-22(18)27)39-15-19-8-6-17-11-23(30)24(31)13-25(17)34-19/h4-13,27H,3,14-16H2,1-2H3/t27-/m1/s1. The van der Waals surface area contributed by atoms with Crippen molar-refractivity contribution >= 4 is 40.2 Å². The first-order chi connectivity index (χ1) is 19.4. The summed E-state index contributed by atoms with van der Waals surface area (Å²) in [5.74, 6) is -1.03. The summed E-state index contributed by atoms with van der Waals surface area (Å²) in [5.41, 5.74) is 13.2. The highest BCUT2D eigenvalue weighted by Crippen LogP contribution is 2.44. The molecular weight excluding hydrogens is 536 g/mol. The van der Waals surface area contributed by atoms with Crippen molar-refractivity contribution in [3.8, 4) is 5.75 Å². The average molecular weight is 562 g/mol. The van der Waals surface area contributed by atoms with Gasteiger partial charge in [-0.25, -0.2) is 23.5 Å². The van der Waals surface area contributed by atoms with E-state index in [9.17, 15) is 19.1 Å². The van der Waals surface area contributed by atoms with Crippen molar-refractivity contribution in [2.24, 2.45) is 0 Å². The van der Waals surface area contributed by atoms with Crippen LogP contribution in [0.3, 0.4) is 0 Å². The molecular formula is C29H25F2N5O3S. The summed E-state index contributed by atoms with van der Waals surface area (Å²) >= 11 is 1.42. The van der Waals surface area contributed by atoms with E-state index >= 15 is 0 Å². The smallest absolute Gasteiger partial charge is 0.417 e. The van der Waals surface area contributed by atoms with Crippen LogP contribution in [0.5, 0.6) is 5.75 Å². The molecule has 0 aliphatic carbocycles. The lowest BCUT2D eigenvalue weighted by atomic mass is 10.0. The van der Waals surface area contributed by atoms with Crippen LogP contribution in [0.1, 0.15) is 34.6 Å². The molecule has 0 radical (unpaired) electrons. The van der Waals surface area contributed by atoms with Gasteiger partial charge in [0.2, 0.25) is 0 Å². The molecule has 3 heterocycles. The van der Waals surface area contributed by atoms with Crippen molar-refractivity contribution in [2.75, 3.05) is 24.3 Å². The van der Waals surface area contributed by atoms with Gasteiger partial charge in [-0.15, -0.1) is 11.8 Å². The zero-order chi connectivity index (χ0) is 28.2. The first-order valence-electron chi connectivity index (χ1n) is 12.5. The van der Waals surface area contributed by atoms with Crippen LogP contribution in [0, 0.1) is 11.6 Å². The molecule has 4 aromatic rings. The van der Waals surface area contributed by atoms with Crippen LogP contribution in [0.25, 0.3) is 16.4 Å². The molecule has 5 rings (SSSR count). The zero-order valence-electron chi connectivity index (χ0n) is 21.8. The van der Waals surface area contributed by atoms with Gasteiger partial charge >= 0.3 is 11.7 Å². The maximum atomic E-state index is 13.7. The molecule has 1 aliphatic rings. The molecule has 40 heavy (non-hydrogen) atoms. The van der Waals surface area contributed by atoms with E-state index in [4.69, 9.17) is 9.47 Å². The normalized spacial score (nSPS) is 14.1. The molecule has 11 heteroatoms. The summed E-state index contributed by atoms with van der Waals surface area (Å²) in [7, 11) is 1.96. The van der Waals surface area contributed by atoms with Gasteiger partial charge < -0.3 is 19.9 Å². The SMILES string of the molecule is CCOC(=O)C(CS[C@H]1c2cc(OCc3ccc4cc(F)c(F)cc4n3)ccc2CN(C)c2ncccc21)=[N+]=[N-]. The number of pyridine rings is 2. The molecule has 0 fully saturated rings. The van der Waals surface area contributed by atoms with Gasteiger partial charge in [0.15, 0.2) is 11.6 Å². The number of ether oxygens (including phenoxy) is 2. The minimum atomic E-state index is -0.954. The third-order valence-corrected chi connectivity index (χ3v) is 7.74. The lowest BCUT2D eigenvalue weighted by Gasteiger charge is -2.20. The summed E-state index contributed by atoms with van der Waals surface area (Å²) < 4.78 is 38.4. The van der Waals surface area contributed by atoms with E-state index in [0.29, 0.717) is 28.9 Å². The number of anilines is 1. The number of aromatic nitrogens is 2. The second-order valence-corrected chi connectivity index (χ2v) is 10.2. The Hall–Kier alpha value is -4.34. The van der Waals surface area contributed by atoms with E-state index in [2.05, 4.69) is 19.7 Å². The van der Waals surface area contributed by atoms with Crippen LogP contribution in [0.2, 0.25) is 0 Å². The highest BCUT2D eigenvalue weighted by atomic mass is 32.2. The third kappa shape index (κ3) is 5.66.